The minimum absolute atomic E-state index is 0.186. The van der Waals surface area contributed by atoms with Crippen molar-refractivity contribution < 1.29 is 23.4 Å². The van der Waals surface area contributed by atoms with E-state index in [9.17, 15) is 13.6 Å². The van der Waals surface area contributed by atoms with Gasteiger partial charge in [0.1, 0.15) is 5.75 Å². The Labute approximate surface area is 90.7 Å². The summed E-state index contributed by atoms with van der Waals surface area (Å²) in [6, 6.07) is 4.88. The van der Waals surface area contributed by atoms with Gasteiger partial charge in [-0.1, -0.05) is 0 Å². The van der Waals surface area contributed by atoms with Gasteiger partial charge in [0.2, 0.25) is 0 Å². The van der Waals surface area contributed by atoms with Crippen molar-refractivity contribution in [2.24, 2.45) is 0 Å². The molecule has 1 aromatic carbocycles. The zero-order valence-corrected chi connectivity index (χ0v) is 8.32. The zero-order valence-electron chi connectivity index (χ0n) is 8.32. The second kappa shape index (κ2) is 3.73. The van der Waals surface area contributed by atoms with E-state index >= 15 is 0 Å². The van der Waals surface area contributed by atoms with Crippen molar-refractivity contribution in [2.75, 3.05) is 0 Å². The summed E-state index contributed by atoms with van der Waals surface area (Å²) in [7, 11) is 0. The topological polar surface area (TPSA) is 46.5 Å². The number of hydrogen-bond acceptors (Lipinski definition) is 2. The molecule has 1 fully saturated rings. The Balaban J connectivity index is 2.14. The maximum atomic E-state index is 13.0. The number of carbonyl (C=O) groups is 1. The highest BCUT2D eigenvalue weighted by molar-refractivity contribution is 5.77. The zero-order chi connectivity index (χ0) is 11.8. The van der Waals surface area contributed by atoms with E-state index in [1.165, 1.54) is 12.1 Å². The van der Waals surface area contributed by atoms with Gasteiger partial charge in [-0.25, -0.2) is 4.79 Å². The molecule has 0 atom stereocenters. The van der Waals surface area contributed by atoms with Crippen LogP contribution in [0, 0.1) is 0 Å². The highest BCUT2D eigenvalue weighted by atomic mass is 19.3. The van der Waals surface area contributed by atoms with E-state index in [-0.39, 0.29) is 6.10 Å². The van der Waals surface area contributed by atoms with Crippen molar-refractivity contribution in [2.45, 2.75) is 24.9 Å². The Morgan fingerprint density at radius 3 is 2.31 bits per heavy atom. The number of aliphatic carboxylic acids is 1. The van der Waals surface area contributed by atoms with E-state index < -0.39 is 17.5 Å². The van der Waals surface area contributed by atoms with Gasteiger partial charge in [0, 0.05) is 5.56 Å². The summed E-state index contributed by atoms with van der Waals surface area (Å²) in [6.07, 6.45) is 2.14. The highest BCUT2D eigenvalue weighted by Gasteiger charge is 2.40. The van der Waals surface area contributed by atoms with Gasteiger partial charge in [0.05, 0.1) is 6.10 Å². The predicted octanol–water partition coefficient (Wildman–Crippen LogP) is 2.40. The van der Waals surface area contributed by atoms with E-state index in [2.05, 4.69) is 0 Å². The predicted molar refractivity (Wildman–Crippen MR) is 51.6 cm³/mol. The first-order valence-corrected chi connectivity index (χ1v) is 4.88. The number of hydrogen-bond donors (Lipinski definition) is 1. The molecule has 0 spiro atoms. The highest BCUT2D eigenvalue weighted by Crippen LogP contribution is 2.31. The molecule has 1 aromatic rings. The van der Waals surface area contributed by atoms with Crippen LogP contribution >= 0.6 is 0 Å². The molecular formula is C11H10F2O3. The molecule has 5 heteroatoms. The first-order chi connectivity index (χ1) is 7.50. The minimum Gasteiger partial charge on any atom is -0.490 e. The van der Waals surface area contributed by atoms with Crippen LogP contribution in [0.25, 0.3) is 0 Å². The third-order valence-corrected chi connectivity index (χ3v) is 2.31. The van der Waals surface area contributed by atoms with Crippen molar-refractivity contribution in [3.05, 3.63) is 29.8 Å². The first-order valence-electron chi connectivity index (χ1n) is 4.88. The lowest BCUT2D eigenvalue weighted by atomic mass is 10.1. The first kappa shape index (κ1) is 10.9. The van der Waals surface area contributed by atoms with Crippen LogP contribution in [-0.4, -0.2) is 17.2 Å². The standard InChI is InChI=1S/C11H10F2O3/c12-11(13,10(14)15)7-1-3-8(4-2-7)16-9-5-6-9/h1-4,9H,5-6H2,(H,14,15). The summed E-state index contributed by atoms with van der Waals surface area (Å²) >= 11 is 0. The summed E-state index contributed by atoms with van der Waals surface area (Å²) in [5.74, 6) is -5.51. The van der Waals surface area contributed by atoms with Crippen molar-refractivity contribution >= 4 is 5.97 Å². The average Bonchev–Trinajstić information content (AvgIpc) is 3.02. The molecule has 16 heavy (non-hydrogen) atoms. The van der Waals surface area contributed by atoms with Gasteiger partial charge in [-0.05, 0) is 37.1 Å². The van der Waals surface area contributed by atoms with Crippen LogP contribution in [0.3, 0.4) is 0 Å². The molecule has 3 nitrogen and oxygen atoms in total. The minimum atomic E-state index is -3.85. The van der Waals surface area contributed by atoms with E-state index in [0.29, 0.717) is 5.75 Å². The SMILES string of the molecule is O=C(O)C(F)(F)c1ccc(OC2CC2)cc1. The summed E-state index contributed by atoms with van der Waals surface area (Å²) in [5, 5.41) is 8.34. The molecule has 0 aliphatic heterocycles. The lowest BCUT2D eigenvalue weighted by Gasteiger charge is -2.12. The lowest BCUT2D eigenvalue weighted by Crippen LogP contribution is -2.25. The fourth-order valence-corrected chi connectivity index (χ4v) is 1.24. The smallest absolute Gasteiger partial charge is 0.379 e. The Hall–Kier alpha value is -1.65. The van der Waals surface area contributed by atoms with Crippen molar-refractivity contribution in [3.8, 4) is 5.75 Å². The monoisotopic (exact) mass is 228 g/mol. The summed E-state index contributed by atoms with van der Waals surface area (Å²) in [5.41, 5.74) is -0.539. The lowest BCUT2D eigenvalue weighted by molar-refractivity contribution is -0.166. The van der Waals surface area contributed by atoms with Crippen LogP contribution in [0.4, 0.5) is 8.78 Å². The maximum absolute atomic E-state index is 13.0. The van der Waals surface area contributed by atoms with E-state index in [1.54, 1.807) is 0 Å². The molecule has 0 heterocycles. The van der Waals surface area contributed by atoms with Crippen molar-refractivity contribution in [1.29, 1.82) is 0 Å². The molecule has 0 bridgehead atoms. The number of rotatable bonds is 4. The van der Waals surface area contributed by atoms with Crippen LogP contribution in [0.15, 0.2) is 24.3 Å². The molecule has 0 amide bonds. The second-order valence-corrected chi connectivity index (χ2v) is 3.72. The number of halogens is 2. The van der Waals surface area contributed by atoms with Gasteiger partial charge >= 0.3 is 11.9 Å². The van der Waals surface area contributed by atoms with E-state index in [4.69, 9.17) is 9.84 Å². The number of carboxylic acids is 1. The summed E-state index contributed by atoms with van der Waals surface area (Å²) < 4.78 is 31.5. The maximum Gasteiger partial charge on any atom is 0.379 e. The molecule has 86 valence electrons. The van der Waals surface area contributed by atoms with Gasteiger partial charge < -0.3 is 9.84 Å². The molecule has 0 unspecified atom stereocenters. The second-order valence-electron chi connectivity index (χ2n) is 3.72. The summed E-state index contributed by atoms with van der Waals surface area (Å²) in [6.45, 7) is 0. The average molecular weight is 228 g/mol. The Morgan fingerprint density at radius 1 is 1.31 bits per heavy atom. The molecule has 0 aromatic heterocycles. The van der Waals surface area contributed by atoms with Gasteiger partial charge in [-0.15, -0.1) is 0 Å². The van der Waals surface area contributed by atoms with Gasteiger partial charge in [-0.2, -0.15) is 8.78 Å². The van der Waals surface area contributed by atoms with Crippen molar-refractivity contribution in [3.63, 3.8) is 0 Å². The molecular weight excluding hydrogens is 218 g/mol. The summed E-state index contributed by atoms with van der Waals surface area (Å²) in [4.78, 5) is 10.3. The van der Waals surface area contributed by atoms with Gasteiger partial charge in [0.25, 0.3) is 0 Å². The molecule has 0 saturated heterocycles. The molecule has 1 aliphatic carbocycles. The van der Waals surface area contributed by atoms with Crippen molar-refractivity contribution in [1.82, 2.24) is 0 Å². The molecule has 1 saturated carbocycles. The Bertz CT molecular complexity index is 396. The van der Waals surface area contributed by atoms with Crippen LogP contribution < -0.4 is 4.74 Å². The Kier molecular flexibility index (Phi) is 2.53. The third-order valence-electron chi connectivity index (χ3n) is 2.31. The van der Waals surface area contributed by atoms with Gasteiger partial charge in [0.15, 0.2) is 0 Å². The number of benzene rings is 1. The fourth-order valence-electron chi connectivity index (χ4n) is 1.24. The van der Waals surface area contributed by atoms with E-state index in [0.717, 1.165) is 25.0 Å². The normalized spacial score (nSPS) is 15.9. The number of alkyl halides is 2. The molecule has 1 aliphatic rings. The molecule has 1 N–H and O–H groups in total. The molecule has 2 rings (SSSR count). The van der Waals surface area contributed by atoms with Gasteiger partial charge in [-0.3, -0.25) is 0 Å². The quantitative estimate of drug-likeness (QED) is 0.860. The van der Waals surface area contributed by atoms with Crippen LogP contribution in [0.2, 0.25) is 0 Å². The van der Waals surface area contributed by atoms with E-state index in [1.807, 2.05) is 0 Å². The third kappa shape index (κ3) is 2.13. The number of ether oxygens (including phenoxy) is 1. The van der Waals surface area contributed by atoms with Crippen LogP contribution in [0.1, 0.15) is 18.4 Å². The largest absolute Gasteiger partial charge is 0.490 e. The Morgan fingerprint density at radius 2 is 1.88 bits per heavy atom. The van der Waals surface area contributed by atoms with Crippen LogP contribution in [-0.2, 0) is 10.7 Å². The fraction of sp³-hybridized carbons (Fsp3) is 0.364. The van der Waals surface area contributed by atoms with Crippen LogP contribution in [0.5, 0.6) is 5.75 Å². The number of carboxylic acid groups (broad SMARTS) is 1. The molecule has 0 radical (unpaired) electrons.